The summed E-state index contributed by atoms with van der Waals surface area (Å²) in [5.41, 5.74) is 1.56. The highest BCUT2D eigenvalue weighted by Crippen LogP contribution is 2.22. The first kappa shape index (κ1) is 15.5. The zero-order valence-electron chi connectivity index (χ0n) is 13.0. The average molecular weight is 289 g/mol. The molecule has 114 valence electrons. The molecule has 1 saturated heterocycles. The van der Waals surface area contributed by atoms with E-state index in [2.05, 4.69) is 13.8 Å². The van der Waals surface area contributed by atoms with Gasteiger partial charge in [0.2, 0.25) is 0 Å². The van der Waals surface area contributed by atoms with Crippen LogP contribution in [-0.4, -0.2) is 35.5 Å². The standard InChI is InChI=1S/C17H23NO3/c1-12-7-9-15(10-8-12)17(20)21-11-16(19)18-13(2)5-4-6-14(18)3/h7-10,13-14H,4-6,11H2,1-3H3. The van der Waals surface area contributed by atoms with Crippen LogP contribution in [0, 0.1) is 6.92 Å². The number of nitrogens with zero attached hydrogens (tertiary/aromatic N) is 1. The molecule has 2 unspecified atom stereocenters. The molecule has 4 heteroatoms. The van der Waals surface area contributed by atoms with Gasteiger partial charge in [-0.05, 0) is 52.2 Å². The third-order valence-corrected chi connectivity index (χ3v) is 4.10. The third-order valence-electron chi connectivity index (χ3n) is 4.10. The second-order valence-corrected chi connectivity index (χ2v) is 5.87. The highest BCUT2D eigenvalue weighted by atomic mass is 16.5. The van der Waals surface area contributed by atoms with E-state index in [0.717, 1.165) is 24.8 Å². The molecule has 1 aromatic carbocycles. The van der Waals surface area contributed by atoms with Crippen LogP contribution in [0.2, 0.25) is 0 Å². The van der Waals surface area contributed by atoms with E-state index < -0.39 is 5.97 Å². The summed E-state index contributed by atoms with van der Waals surface area (Å²) in [6.45, 7) is 5.88. The molecule has 1 aliphatic rings. The van der Waals surface area contributed by atoms with Crippen molar-refractivity contribution in [1.29, 1.82) is 0 Å². The fourth-order valence-electron chi connectivity index (χ4n) is 2.89. The van der Waals surface area contributed by atoms with Gasteiger partial charge in [-0.1, -0.05) is 17.7 Å². The van der Waals surface area contributed by atoms with Crippen LogP contribution in [0.1, 0.15) is 49.0 Å². The number of hydrogen-bond acceptors (Lipinski definition) is 3. The Kier molecular flexibility index (Phi) is 4.99. The summed E-state index contributed by atoms with van der Waals surface area (Å²) in [6, 6.07) is 7.59. The summed E-state index contributed by atoms with van der Waals surface area (Å²) >= 11 is 0. The van der Waals surface area contributed by atoms with Crippen LogP contribution in [0.3, 0.4) is 0 Å². The average Bonchev–Trinajstić information content (AvgIpc) is 2.45. The minimum atomic E-state index is -0.444. The second kappa shape index (κ2) is 6.74. The number of piperidine rings is 1. The molecule has 21 heavy (non-hydrogen) atoms. The number of rotatable bonds is 3. The number of carbonyl (C=O) groups is 2. The van der Waals surface area contributed by atoms with Crippen molar-refractivity contribution < 1.29 is 14.3 Å². The Morgan fingerprint density at radius 1 is 1.14 bits per heavy atom. The van der Waals surface area contributed by atoms with Gasteiger partial charge in [0.05, 0.1) is 5.56 Å². The molecule has 0 bridgehead atoms. The van der Waals surface area contributed by atoms with Gasteiger partial charge in [0.1, 0.15) is 0 Å². The van der Waals surface area contributed by atoms with Crippen LogP contribution >= 0.6 is 0 Å². The van der Waals surface area contributed by atoms with Crippen molar-refractivity contribution in [3.63, 3.8) is 0 Å². The number of aryl methyl sites for hydroxylation is 1. The summed E-state index contributed by atoms with van der Waals surface area (Å²) in [6.07, 6.45) is 3.18. The van der Waals surface area contributed by atoms with Gasteiger partial charge in [0.25, 0.3) is 5.91 Å². The molecule has 0 spiro atoms. The molecule has 0 saturated carbocycles. The smallest absolute Gasteiger partial charge is 0.338 e. The number of carbonyl (C=O) groups excluding carboxylic acids is 2. The first-order chi connectivity index (χ1) is 9.99. The Bertz CT molecular complexity index is 499. The van der Waals surface area contributed by atoms with Gasteiger partial charge in [-0.25, -0.2) is 4.79 Å². The van der Waals surface area contributed by atoms with E-state index in [1.54, 1.807) is 12.1 Å². The van der Waals surface area contributed by atoms with Gasteiger partial charge in [0.15, 0.2) is 6.61 Å². The lowest BCUT2D eigenvalue weighted by atomic mass is 9.97. The summed E-state index contributed by atoms with van der Waals surface area (Å²) < 4.78 is 5.15. The Labute approximate surface area is 126 Å². The fraction of sp³-hybridized carbons (Fsp3) is 0.529. The van der Waals surface area contributed by atoms with E-state index in [1.807, 2.05) is 24.0 Å². The maximum Gasteiger partial charge on any atom is 0.338 e. The first-order valence-corrected chi connectivity index (χ1v) is 7.54. The van der Waals surface area contributed by atoms with Gasteiger partial charge in [0, 0.05) is 12.1 Å². The number of benzene rings is 1. The van der Waals surface area contributed by atoms with E-state index in [0.29, 0.717) is 5.56 Å². The zero-order valence-corrected chi connectivity index (χ0v) is 13.0. The maximum absolute atomic E-state index is 12.3. The minimum Gasteiger partial charge on any atom is -0.452 e. The maximum atomic E-state index is 12.3. The summed E-state index contributed by atoms with van der Waals surface area (Å²) in [5, 5.41) is 0. The second-order valence-electron chi connectivity index (χ2n) is 5.87. The molecule has 1 aliphatic heterocycles. The lowest BCUT2D eigenvalue weighted by Gasteiger charge is -2.38. The fourth-order valence-corrected chi connectivity index (χ4v) is 2.89. The molecule has 0 N–H and O–H groups in total. The Balaban J connectivity index is 1.91. The van der Waals surface area contributed by atoms with Gasteiger partial charge >= 0.3 is 5.97 Å². The Morgan fingerprint density at radius 3 is 2.29 bits per heavy atom. The molecule has 1 aromatic rings. The minimum absolute atomic E-state index is 0.102. The van der Waals surface area contributed by atoms with Crippen molar-refractivity contribution in [2.45, 2.75) is 52.1 Å². The van der Waals surface area contributed by atoms with Crippen LogP contribution in [0.25, 0.3) is 0 Å². The van der Waals surface area contributed by atoms with Crippen LogP contribution in [0.4, 0.5) is 0 Å². The highest BCUT2D eigenvalue weighted by molar-refractivity contribution is 5.91. The van der Waals surface area contributed by atoms with E-state index in [-0.39, 0.29) is 24.6 Å². The summed E-state index contributed by atoms with van der Waals surface area (Å²) in [7, 11) is 0. The van der Waals surface area contributed by atoms with Crippen LogP contribution < -0.4 is 0 Å². The van der Waals surface area contributed by atoms with Gasteiger partial charge in [-0.2, -0.15) is 0 Å². The molecule has 0 aliphatic carbocycles. The highest BCUT2D eigenvalue weighted by Gasteiger charge is 2.29. The van der Waals surface area contributed by atoms with Gasteiger partial charge < -0.3 is 9.64 Å². The first-order valence-electron chi connectivity index (χ1n) is 7.54. The molecule has 1 fully saturated rings. The molecule has 0 radical (unpaired) electrons. The Hall–Kier alpha value is -1.84. The largest absolute Gasteiger partial charge is 0.452 e. The topological polar surface area (TPSA) is 46.6 Å². The van der Waals surface area contributed by atoms with Crippen LogP contribution in [-0.2, 0) is 9.53 Å². The SMILES string of the molecule is Cc1ccc(C(=O)OCC(=O)N2C(C)CCCC2C)cc1. The number of amides is 1. The van der Waals surface area contributed by atoms with Crippen molar-refractivity contribution in [2.75, 3.05) is 6.61 Å². The van der Waals surface area contributed by atoms with Crippen molar-refractivity contribution in [3.8, 4) is 0 Å². The van der Waals surface area contributed by atoms with E-state index in [1.165, 1.54) is 0 Å². The van der Waals surface area contributed by atoms with Crippen LogP contribution in [0.15, 0.2) is 24.3 Å². The predicted octanol–water partition coefficient (Wildman–Crippen LogP) is 2.94. The lowest BCUT2D eigenvalue weighted by Crippen LogP contribution is -2.49. The molecular formula is C17H23NO3. The van der Waals surface area contributed by atoms with Crippen molar-refractivity contribution in [3.05, 3.63) is 35.4 Å². The normalized spacial score (nSPS) is 22.0. The van der Waals surface area contributed by atoms with Gasteiger partial charge in [-0.15, -0.1) is 0 Å². The number of likely N-dealkylation sites (tertiary alicyclic amines) is 1. The lowest BCUT2D eigenvalue weighted by molar-refractivity contribution is -0.140. The van der Waals surface area contributed by atoms with Gasteiger partial charge in [-0.3, -0.25) is 4.79 Å². The summed E-state index contributed by atoms with van der Waals surface area (Å²) in [5.74, 6) is -0.546. The number of ether oxygens (including phenoxy) is 1. The molecule has 2 rings (SSSR count). The number of hydrogen-bond donors (Lipinski definition) is 0. The van der Waals surface area contributed by atoms with E-state index in [9.17, 15) is 9.59 Å². The summed E-state index contributed by atoms with van der Waals surface area (Å²) in [4.78, 5) is 26.0. The molecule has 1 heterocycles. The van der Waals surface area contributed by atoms with Crippen molar-refractivity contribution >= 4 is 11.9 Å². The molecule has 1 amide bonds. The van der Waals surface area contributed by atoms with Crippen molar-refractivity contribution in [2.24, 2.45) is 0 Å². The quantitative estimate of drug-likeness (QED) is 0.804. The third kappa shape index (κ3) is 3.84. The monoisotopic (exact) mass is 289 g/mol. The van der Waals surface area contributed by atoms with Crippen LogP contribution in [0.5, 0.6) is 0 Å². The van der Waals surface area contributed by atoms with E-state index in [4.69, 9.17) is 4.74 Å². The molecular weight excluding hydrogens is 266 g/mol. The molecule has 0 aromatic heterocycles. The molecule has 4 nitrogen and oxygen atoms in total. The predicted molar refractivity (Wildman–Crippen MR) is 81.1 cm³/mol. The van der Waals surface area contributed by atoms with Crippen molar-refractivity contribution in [1.82, 2.24) is 4.90 Å². The number of esters is 1. The Morgan fingerprint density at radius 2 is 1.71 bits per heavy atom. The molecule has 2 atom stereocenters. The van der Waals surface area contributed by atoms with E-state index >= 15 is 0 Å². The zero-order chi connectivity index (χ0) is 15.4.